The number of amidine groups is 1. The maximum Gasteiger partial charge on any atom is 0.150 e. The summed E-state index contributed by atoms with van der Waals surface area (Å²) in [6, 6.07) is 7.67. The molecule has 2 rings (SSSR count). The van der Waals surface area contributed by atoms with E-state index in [0.29, 0.717) is 11.5 Å². The summed E-state index contributed by atoms with van der Waals surface area (Å²) in [5, 5.41) is 0. The second-order valence-electron chi connectivity index (χ2n) is 4.26. The third-order valence-electron chi connectivity index (χ3n) is 2.71. The molecule has 0 bridgehead atoms. The molecule has 1 heterocycles. The van der Waals surface area contributed by atoms with Gasteiger partial charge < -0.3 is 4.90 Å². The van der Waals surface area contributed by atoms with Crippen LogP contribution >= 0.6 is 0 Å². The highest BCUT2D eigenvalue weighted by molar-refractivity contribution is 6.01. The minimum absolute atomic E-state index is 0.419. The third kappa shape index (κ3) is 1.98. The van der Waals surface area contributed by atoms with E-state index in [2.05, 4.69) is 23.7 Å². The van der Waals surface area contributed by atoms with Gasteiger partial charge in [-0.25, -0.2) is 0 Å². The smallest absolute Gasteiger partial charge is 0.150 e. The number of aliphatic imine (C=N–C) groups is 1. The second kappa shape index (κ2) is 4.47. The first-order chi connectivity index (χ1) is 7.72. The summed E-state index contributed by atoms with van der Waals surface area (Å²) in [5.41, 5.74) is 1.78. The minimum atomic E-state index is 0.419. The molecule has 1 aromatic rings. The molecule has 0 atom stereocenters. The largest absolute Gasteiger partial charge is 0.328 e. The van der Waals surface area contributed by atoms with Crippen LogP contribution in [0.15, 0.2) is 29.3 Å². The third-order valence-corrected chi connectivity index (χ3v) is 2.71. The molecule has 0 saturated carbocycles. The monoisotopic (exact) mass is 216 g/mol. The highest BCUT2D eigenvalue weighted by Gasteiger charge is 2.20. The Balaban J connectivity index is 2.30. The average Bonchev–Trinajstić information content (AvgIpc) is 2.78. The number of carbonyl (C=O) groups is 1. The molecular formula is C13H16N2O. The zero-order valence-electron chi connectivity index (χ0n) is 9.68. The van der Waals surface area contributed by atoms with Crippen LogP contribution < -0.4 is 4.90 Å². The number of aldehydes is 1. The van der Waals surface area contributed by atoms with Gasteiger partial charge in [0.15, 0.2) is 0 Å². The molecule has 0 radical (unpaired) electrons. The van der Waals surface area contributed by atoms with Crippen molar-refractivity contribution in [2.45, 2.75) is 13.8 Å². The van der Waals surface area contributed by atoms with E-state index in [9.17, 15) is 4.79 Å². The van der Waals surface area contributed by atoms with Gasteiger partial charge in [0.05, 0.1) is 6.54 Å². The molecule has 0 spiro atoms. The van der Waals surface area contributed by atoms with Gasteiger partial charge in [0.1, 0.15) is 12.1 Å². The standard InChI is InChI=1S/C13H16N2O/c1-10(2)13-14-6-7-15(13)12-5-3-4-11(8-12)9-16/h3-5,8-10H,6-7H2,1-2H3. The highest BCUT2D eigenvalue weighted by atomic mass is 16.1. The normalized spacial score (nSPS) is 15.4. The fourth-order valence-electron chi connectivity index (χ4n) is 1.99. The van der Waals surface area contributed by atoms with Crippen molar-refractivity contribution in [2.75, 3.05) is 18.0 Å². The Kier molecular flexibility index (Phi) is 3.04. The molecule has 0 aromatic heterocycles. The molecule has 1 aliphatic rings. The summed E-state index contributed by atoms with van der Waals surface area (Å²) in [6.07, 6.45) is 0.881. The van der Waals surface area contributed by atoms with E-state index in [0.717, 1.165) is 30.9 Å². The lowest BCUT2D eigenvalue weighted by atomic mass is 10.1. The summed E-state index contributed by atoms with van der Waals surface area (Å²) in [5.74, 6) is 1.53. The quantitative estimate of drug-likeness (QED) is 0.727. The molecule has 84 valence electrons. The van der Waals surface area contributed by atoms with Crippen LogP contribution in [-0.2, 0) is 0 Å². The summed E-state index contributed by atoms with van der Waals surface area (Å²) in [6.45, 7) is 6.04. The molecule has 3 heteroatoms. The van der Waals surface area contributed by atoms with Crippen LogP contribution in [-0.4, -0.2) is 25.2 Å². The number of rotatable bonds is 3. The Morgan fingerprint density at radius 2 is 2.25 bits per heavy atom. The maximum atomic E-state index is 10.7. The lowest BCUT2D eigenvalue weighted by molar-refractivity contribution is 0.112. The van der Waals surface area contributed by atoms with E-state index in [1.807, 2.05) is 24.3 Å². The second-order valence-corrected chi connectivity index (χ2v) is 4.26. The van der Waals surface area contributed by atoms with Crippen LogP contribution in [0.3, 0.4) is 0 Å². The number of benzene rings is 1. The Labute approximate surface area is 95.8 Å². The van der Waals surface area contributed by atoms with Crippen molar-refractivity contribution in [3.8, 4) is 0 Å². The van der Waals surface area contributed by atoms with Crippen molar-refractivity contribution in [1.29, 1.82) is 0 Å². The summed E-state index contributed by atoms with van der Waals surface area (Å²) >= 11 is 0. The van der Waals surface area contributed by atoms with Gasteiger partial charge in [-0.05, 0) is 12.1 Å². The van der Waals surface area contributed by atoms with Crippen LogP contribution in [0.5, 0.6) is 0 Å². The summed E-state index contributed by atoms with van der Waals surface area (Å²) in [4.78, 5) is 17.4. The van der Waals surface area contributed by atoms with Crippen LogP contribution in [0.2, 0.25) is 0 Å². The minimum Gasteiger partial charge on any atom is -0.328 e. The molecule has 0 unspecified atom stereocenters. The number of hydrogen-bond donors (Lipinski definition) is 0. The van der Waals surface area contributed by atoms with Gasteiger partial charge in [-0.3, -0.25) is 9.79 Å². The SMILES string of the molecule is CC(C)C1=NCCN1c1cccc(C=O)c1. The topological polar surface area (TPSA) is 32.7 Å². The predicted octanol–water partition coefficient (Wildman–Crippen LogP) is 2.37. The summed E-state index contributed by atoms with van der Waals surface area (Å²) < 4.78 is 0. The summed E-state index contributed by atoms with van der Waals surface area (Å²) in [7, 11) is 0. The first-order valence-electron chi connectivity index (χ1n) is 5.59. The molecule has 0 N–H and O–H groups in total. The molecule has 1 aliphatic heterocycles. The van der Waals surface area contributed by atoms with Crippen molar-refractivity contribution in [3.63, 3.8) is 0 Å². The van der Waals surface area contributed by atoms with Crippen molar-refractivity contribution in [1.82, 2.24) is 0 Å². The van der Waals surface area contributed by atoms with E-state index >= 15 is 0 Å². The number of hydrogen-bond acceptors (Lipinski definition) is 3. The maximum absolute atomic E-state index is 10.7. The van der Waals surface area contributed by atoms with Gasteiger partial charge in [-0.1, -0.05) is 26.0 Å². The number of carbonyl (C=O) groups excluding carboxylic acids is 1. The Morgan fingerprint density at radius 1 is 1.44 bits per heavy atom. The van der Waals surface area contributed by atoms with Crippen molar-refractivity contribution in [2.24, 2.45) is 10.9 Å². The van der Waals surface area contributed by atoms with Crippen LogP contribution in [0, 0.1) is 5.92 Å². The van der Waals surface area contributed by atoms with Gasteiger partial charge in [-0.15, -0.1) is 0 Å². The lowest BCUT2D eigenvalue weighted by Gasteiger charge is -2.22. The predicted molar refractivity (Wildman–Crippen MR) is 66.3 cm³/mol. The highest BCUT2D eigenvalue weighted by Crippen LogP contribution is 2.21. The Hall–Kier alpha value is -1.64. The average molecular weight is 216 g/mol. The molecule has 0 aliphatic carbocycles. The van der Waals surface area contributed by atoms with E-state index in [1.165, 1.54) is 0 Å². The van der Waals surface area contributed by atoms with Gasteiger partial charge in [0.25, 0.3) is 0 Å². The number of anilines is 1. The molecule has 1 aromatic carbocycles. The Bertz CT molecular complexity index is 424. The van der Waals surface area contributed by atoms with Gasteiger partial charge in [0.2, 0.25) is 0 Å². The van der Waals surface area contributed by atoms with Crippen molar-refractivity contribution >= 4 is 17.8 Å². The van der Waals surface area contributed by atoms with Crippen molar-refractivity contribution in [3.05, 3.63) is 29.8 Å². The molecule has 3 nitrogen and oxygen atoms in total. The molecular weight excluding hydrogens is 200 g/mol. The van der Waals surface area contributed by atoms with E-state index in [-0.39, 0.29) is 0 Å². The van der Waals surface area contributed by atoms with Gasteiger partial charge >= 0.3 is 0 Å². The fourth-order valence-corrected chi connectivity index (χ4v) is 1.99. The molecule has 0 amide bonds. The molecule has 16 heavy (non-hydrogen) atoms. The zero-order valence-corrected chi connectivity index (χ0v) is 9.68. The lowest BCUT2D eigenvalue weighted by Crippen LogP contribution is -2.30. The van der Waals surface area contributed by atoms with E-state index in [4.69, 9.17) is 0 Å². The number of nitrogens with zero attached hydrogens (tertiary/aromatic N) is 2. The fraction of sp³-hybridized carbons (Fsp3) is 0.385. The van der Waals surface area contributed by atoms with Crippen LogP contribution in [0.4, 0.5) is 5.69 Å². The molecule has 0 fully saturated rings. The van der Waals surface area contributed by atoms with Gasteiger partial charge in [-0.2, -0.15) is 0 Å². The molecule has 0 saturated heterocycles. The van der Waals surface area contributed by atoms with Gasteiger partial charge in [0, 0.05) is 23.7 Å². The van der Waals surface area contributed by atoms with Crippen LogP contribution in [0.1, 0.15) is 24.2 Å². The Morgan fingerprint density at radius 3 is 2.94 bits per heavy atom. The zero-order chi connectivity index (χ0) is 11.5. The van der Waals surface area contributed by atoms with E-state index in [1.54, 1.807) is 0 Å². The van der Waals surface area contributed by atoms with E-state index < -0.39 is 0 Å². The first kappa shape index (κ1) is 10.9. The first-order valence-corrected chi connectivity index (χ1v) is 5.59. The van der Waals surface area contributed by atoms with Crippen LogP contribution in [0.25, 0.3) is 0 Å². The van der Waals surface area contributed by atoms with Crippen molar-refractivity contribution < 1.29 is 4.79 Å².